The molecular weight excluding hydrogens is 530 g/mol. The van der Waals surface area contributed by atoms with Crippen molar-refractivity contribution >= 4 is 35.1 Å². The van der Waals surface area contributed by atoms with Crippen molar-refractivity contribution < 1.29 is 23.8 Å². The van der Waals surface area contributed by atoms with Gasteiger partial charge in [0.25, 0.3) is 5.91 Å². The van der Waals surface area contributed by atoms with Gasteiger partial charge in [-0.2, -0.15) is 0 Å². The maximum Gasteiger partial charge on any atom is 0.326 e. The first-order chi connectivity index (χ1) is 18.2. The van der Waals surface area contributed by atoms with E-state index in [1.165, 1.54) is 11.0 Å². The van der Waals surface area contributed by atoms with E-state index in [-0.39, 0.29) is 17.5 Å². The number of hydrogen-bond acceptors (Lipinski definition) is 4. The summed E-state index contributed by atoms with van der Waals surface area (Å²) in [6.45, 7) is 4.81. The van der Waals surface area contributed by atoms with E-state index in [1.54, 1.807) is 12.1 Å². The Labute approximate surface area is 232 Å². The molecule has 38 heavy (non-hydrogen) atoms. The fourth-order valence-electron chi connectivity index (χ4n) is 5.74. The zero-order valence-electron chi connectivity index (χ0n) is 21.5. The standard InChI is InChI=1S/C29H33Cl2FN2O4/c1-17(20-11-21(30)13-22(31)12-20)33-9-6-18(7-10-33)16-38-27-15-25(32)24(14-23(27)19-4-5-19)28(35)34-8-2-3-26(34)29(36)37/h11-15,17-19,26H,2-10,16H2,1H3,(H,36,37)/t17-,26?/m0/s1. The number of carboxylic acids is 1. The number of amides is 1. The van der Waals surface area contributed by atoms with Crippen molar-refractivity contribution in [2.45, 2.75) is 63.5 Å². The van der Waals surface area contributed by atoms with E-state index in [0.29, 0.717) is 47.7 Å². The number of ether oxygens (including phenoxy) is 1. The fraction of sp³-hybridized carbons (Fsp3) is 0.517. The number of carbonyl (C=O) groups is 2. The molecule has 2 saturated heterocycles. The smallest absolute Gasteiger partial charge is 0.326 e. The van der Waals surface area contributed by atoms with Crippen molar-refractivity contribution in [3.8, 4) is 5.75 Å². The lowest BCUT2D eigenvalue weighted by atomic mass is 9.95. The number of halogens is 3. The van der Waals surface area contributed by atoms with E-state index in [9.17, 15) is 14.7 Å². The molecule has 0 radical (unpaired) electrons. The Balaban J connectivity index is 1.22. The van der Waals surface area contributed by atoms with Crippen molar-refractivity contribution in [1.29, 1.82) is 0 Å². The summed E-state index contributed by atoms with van der Waals surface area (Å²) in [5.41, 5.74) is 1.89. The van der Waals surface area contributed by atoms with Crippen LogP contribution in [0.1, 0.15) is 78.9 Å². The molecule has 0 spiro atoms. The van der Waals surface area contributed by atoms with Gasteiger partial charge in [0.05, 0.1) is 12.2 Å². The fourth-order valence-corrected chi connectivity index (χ4v) is 6.28. The van der Waals surface area contributed by atoms with Gasteiger partial charge in [-0.1, -0.05) is 23.2 Å². The van der Waals surface area contributed by atoms with Gasteiger partial charge in [-0.05, 0) is 106 Å². The van der Waals surface area contributed by atoms with Crippen LogP contribution in [0.15, 0.2) is 30.3 Å². The van der Waals surface area contributed by atoms with Crippen LogP contribution in [0.3, 0.4) is 0 Å². The van der Waals surface area contributed by atoms with Gasteiger partial charge in [0, 0.05) is 28.7 Å². The molecule has 1 aliphatic carbocycles. The number of hydrogen-bond donors (Lipinski definition) is 1. The molecule has 2 heterocycles. The quantitative estimate of drug-likeness (QED) is 0.395. The number of carbonyl (C=O) groups excluding carboxylic acids is 1. The van der Waals surface area contributed by atoms with Crippen LogP contribution in [0.5, 0.6) is 5.75 Å². The topological polar surface area (TPSA) is 70.1 Å². The van der Waals surface area contributed by atoms with Gasteiger partial charge < -0.3 is 14.7 Å². The molecule has 1 N–H and O–H groups in total. The van der Waals surface area contributed by atoms with Crippen LogP contribution in [0.25, 0.3) is 0 Å². The Morgan fingerprint density at radius 3 is 2.34 bits per heavy atom. The van der Waals surface area contributed by atoms with Gasteiger partial charge >= 0.3 is 5.97 Å². The van der Waals surface area contributed by atoms with Crippen LogP contribution < -0.4 is 4.74 Å². The SMILES string of the molecule is C[C@@H](c1cc(Cl)cc(Cl)c1)N1CCC(COc2cc(F)c(C(=O)N3CCCC3C(=O)O)cc2C2CC2)CC1. The number of benzene rings is 2. The van der Waals surface area contributed by atoms with Gasteiger partial charge in [-0.15, -0.1) is 0 Å². The van der Waals surface area contributed by atoms with E-state index in [4.69, 9.17) is 27.9 Å². The number of carboxylic acid groups (broad SMARTS) is 1. The highest BCUT2D eigenvalue weighted by molar-refractivity contribution is 6.34. The average molecular weight is 563 g/mol. The lowest BCUT2D eigenvalue weighted by Crippen LogP contribution is -2.40. The molecule has 1 amide bonds. The maximum absolute atomic E-state index is 15.2. The molecule has 5 rings (SSSR count). The molecule has 0 aromatic heterocycles. The first-order valence-corrected chi connectivity index (χ1v) is 14.2. The second-order valence-electron chi connectivity index (χ2n) is 10.8. The Bertz CT molecular complexity index is 1190. The van der Waals surface area contributed by atoms with Crippen molar-refractivity contribution in [2.75, 3.05) is 26.2 Å². The summed E-state index contributed by atoms with van der Waals surface area (Å²) in [5.74, 6) is -1.16. The number of piperidine rings is 1. The lowest BCUT2D eigenvalue weighted by Gasteiger charge is -2.36. The van der Waals surface area contributed by atoms with E-state index >= 15 is 4.39 Å². The highest BCUT2D eigenvalue weighted by Crippen LogP contribution is 2.45. The molecule has 2 aromatic carbocycles. The first kappa shape index (κ1) is 27.2. The third kappa shape index (κ3) is 5.95. The summed E-state index contributed by atoms with van der Waals surface area (Å²) >= 11 is 12.4. The van der Waals surface area contributed by atoms with Gasteiger partial charge in [0.2, 0.25) is 0 Å². The van der Waals surface area contributed by atoms with E-state index in [2.05, 4.69) is 11.8 Å². The molecule has 9 heteroatoms. The van der Waals surface area contributed by atoms with Gasteiger partial charge in [0.1, 0.15) is 17.6 Å². The third-order valence-electron chi connectivity index (χ3n) is 8.18. The highest BCUT2D eigenvalue weighted by atomic mass is 35.5. The minimum absolute atomic E-state index is 0.0594. The summed E-state index contributed by atoms with van der Waals surface area (Å²) < 4.78 is 21.3. The van der Waals surface area contributed by atoms with Crippen LogP contribution in [-0.2, 0) is 4.79 Å². The van der Waals surface area contributed by atoms with Crippen LogP contribution in [-0.4, -0.2) is 59.1 Å². The molecule has 2 aromatic rings. The monoisotopic (exact) mass is 562 g/mol. The molecule has 204 valence electrons. The maximum atomic E-state index is 15.2. The normalized spacial score (nSPS) is 21.5. The van der Waals surface area contributed by atoms with Crippen LogP contribution in [0.4, 0.5) is 4.39 Å². The Morgan fingerprint density at radius 1 is 1.03 bits per heavy atom. The van der Waals surface area contributed by atoms with E-state index < -0.39 is 23.7 Å². The second kappa shape index (κ2) is 11.4. The minimum Gasteiger partial charge on any atom is -0.493 e. The summed E-state index contributed by atoms with van der Waals surface area (Å²) in [6.07, 6.45) is 4.86. The average Bonchev–Trinajstić information content (AvgIpc) is 3.61. The predicted molar refractivity (Wildman–Crippen MR) is 145 cm³/mol. The Hall–Kier alpha value is -2.35. The van der Waals surface area contributed by atoms with Gasteiger partial charge in [-0.3, -0.25) is 9.69 Å². The number of rotatable bonds is 8. The molecule has 1 unspecified atom stereocenters. The van der Waals surface area contributed by atoms with Gasteiger partial charge in [0.15, 0.2) is 0 Å². The van der Waals surface area contributed by atoms with Crippen LogP contribution in [0, 0.1) is 11.7 Å². The predicted octanol–water partition coefficient (Wildman–Crippen LogP) is 6.55. The highest BCUT2D eigenvalue weighted by Gasteiger charge is 2.37. The number of nitrogens with zero attached hydrogens (tertiary/aromatic N) is 2. The second-order valence-corrected chi connectivity index (χ2v) is 11.7. The van der Waals surface area contributed by atoms with E-state index in [0.717, 1.165) is 49.9 Å². The van der Waals surface area contributed by atoms with Crippen LogP contribution in [0.2, 0.25) is 10.0 Å². The molecule has 0 bridgehead atoms. The van der Waals surface area contributed by atoms with Crippen molar-refractivity contribution in [3.63, 3.8) is 0 Å². The molecule has 3 aliphatic rings. The molecule has 3 fully saturated rings. The summed E-state index contributed by atoms with van der Waals surface area (Å²) in [5, 5.41) is 10.7. The van der Waals surface area contributed by atoms with Gasteiger partial charge in [-0.25, -0.2) is 9.18 Å². The Kier molecular flexibility index (Phi) is 8.17. The summed E-state index contributed by atoms with van der Waals surface area (Å²) in [6, 6.07) is 7.89. The van der Waals surface area contributed by atoms with Crippen LogP contribution >= 0.6 is 23.2 Å². The van der Waals surface area contributed by atoms with Crippen molar-refractivity contribution in [2.24, 2.45) is 5.92 Å². The Morgan fingerprint density at radius 2 is 1.71 bits per heavy atom. The number of likely N-dealkylation sites (tertiary alicyclic amines) is 2. The zero-order chi connectivity index (χ0) is 27.0. The summed E-state index contributed by atoms with van der Waals surface area (Å²) in [7, 11) is 0. The van der Waals surface area contributed by atoms with E-state index in [1.807, 2.05) is 12.1 Å². The van der Waals surface area contributed by atoms with Crippen molar-refractivity contribution in [3.05, 3.63) is 62.9 Å². The molecule has 2 atom stereocenters. The molecule has 6 nitrogen and oxygen atoms in total. The molecule has 2 aliphatic heterocycles. The molecular formula is C29H33Cl2FN2O4. The minimum atomic E-state index is -1.05. The van der Waals surface area contributed by atoms with Crippen molar-refractivity contribution in [1.82, 2.24) is 9.80 Å². The third-order valence-corrected chi connectivity index (χ3v) is 8.62. The lowest BCUT2D eigenvalue weighted by molar-refractivity contribution is -0.141. The largest absolute Gasteiger partial charge is 0.493 e. The number of aliphatic carboxylic acids is 1. The summed E-state index contributed by atoms with van der Waals surface area (Å²) in [4.78, 5) is 28.3. The first-order valence-electron chi connectivity index (χ1n) is 13.4. The molecule has 1 saturated carbocycles. The zero-order valence-corrected chi connectivity index (χ0v) is 23.0.